The summed E-state index contributed by atoms with van der Waals surface area (Å²) in [6, 6.07) is 66.4. The largest absolute Gasteiger partial charge is 0.311 e. The minimum Gasteiger partial charge on any atom is -0.311 e. The molecule has 92 heavy (non-hydrogen) atoms. The summed E-state index contributed by atoms with van der Waals surface area (Å²) in [5, 5.41) is 0. The highest BCUT2D eigenvalue weighted by molar-refractivity contribution is 7.00. The van der Waals surface area contributed by atoms with E-state index in [0.29, 0.717) is 0 Å². The van der Waals surface area contributed by atoms with Crippen LogP contribution in [0.5, 0.6) is 0 Å². The van der Waals surface area contributed by atoms with Gasteiger partial charge in [-0.3, -0.25) is 0 Å². The van der Waals surface area contributed by atoms with Crippen LogP contribution < -0.4 is 31.1 Å². The first-order valence-corrected chi connectivity index (χ1v) is 34.7. The first kappa shape index (κ1) is 60.7. The van der Waals surface area contributed by atoms with E-state index >= 15 is 0 Å². The van der Waals surface area contributed by atoms with Crippen LogP contribution in [-0.2, 0) is 48.7 Å². The Morgan fingerprint density at radius 1 is 0.370 bits per heavy atom. The molecule has 0 N–H and O–H groups in total. The van der Waals surface area contributed by atoms with Gasteiger partial charge in [-0.2, -0.15) is 0 Å². The van der Waals surface area contributed by atoms with Crippen LogP contribution in [0.4, 0.5) is 51.2 Å². The van der Waals surface area contributed by atoms with E-state index in [4.69, 9.17) is 0 Å². The van der Waals surface area contributed by atoms with Gasteiger partial charge in [-0.05, 0) is 242 Å². The minimum absolute atomic E-state index is 0.00702. The zero-order chi connectivity index (χ0) is 65.3. The molecule has 2 heterocycles. The zero-order valence-electron chi connectivity index (χ0n) is 59.3. The van der Waals surface area contributed by atoms with Gasteiger partial charge in [-0.25, -0.2) is 0 Å². The number of fused-ring (bicyclic) bond motifs is 10. The molecule has 9 aromatic carbocycles. The van der Waals surface area contributed by atoms with Gasteiger partial charge in [-0.1, -0.05) is 236 Å². The lowest BCUT2D eigenvalue weighted by atomic mass is 9.33. The summed E-state index contributed by atoms with van der Waals surface area (Å²) < 4.78 is 0. The summed E-state index contributed by atoms with van der Waals surface area (Å²) in [7, 11) is 0. The average molecular weight is 1210 g/mol. The average Bonchev–Trinajstić information content (AvgIpc) is 0.838. The smallest absolute Gasteiger partial charge is 0.252 e. The molecule has 0 bridgehead atoms. The van der Waals surface area contributed by atoms with Crippen LogP contribution in [0, 0.1) is 6.92 Å². The normalized spacial score (nSPS) is 19.1. The van der Waals surface area contributed by atoms with E-state index in [1.165, 1.54) is 134 Å². The molecule has 0 unspecified atom stereocenters. The first-order valence-electron chi connectivity index (χ1n) is 34.7. The van der Waals surface area contributed by atoms with Gasteiger partial charge in [0.25, 0.3) is 6.71 Å². The standard InChI is InChI=1S/C88H98BN3/c1-53-43-66-69(83(10,11)42-41-82(66,8)9)49-73(53)92-74-44-54(61-26-24-28-65-78(61)62-25-22-23-27-63(62)88(65,20)21)29-40-71(74)89-72-48-68-70(87(18,19)52-86(68,16)17)50-75(72)91(59-38-39-64-67(45-59)85(14,15)51-84(64,12)13)76-46-60(47-77(92)79(76)89)90(57-34-30-55(31-35-57)80(2,3)4)58-36-32-56(33-37-58)81(5,6)7/h22-40,43-50H,41-42,51-52H2,1-21H3. The van der Waals surface area contributed by atoms with Crippen molar-refractivity contribution in [2.45, 2.75) is 220 Å². The van der Waals surface area contributed by atoms with Gasteiger partial charge in [0, 0.05) is 50.9 Å². The van der Waals surface area contributed by atoms with Crippen molar-refractivity contribution in [2.24, 2.45) is 0 Å². The monoisotopic (exact) mass is 1210 g/mol. The molecule has 2 aliphatic heterocycles. The number of benzene rings is 9. The summed E-state index contributed by atoms with van der Waals surface area (Å²) in [6.45, 7) is 50.9. The fourth-order valence-corrected chi connectivity index (χ4v) is 19.0. The van der Waals surface area contributed by atoms with Gasteiger partial charge in [-0.15, -0.1) is 0 Å². The lowest BCUT2D eigenvalue weighted by Gasteiger charge is -2.47. The van der Waals surface area contributed by atoms with Crippen molar-refractivity contribution in [1.82, 2.24) is 0 Å². The molecule has 0 amide bonds. The Balaban J connectivity index is 1.10. The Morgan fingerprint density at radius 3 is 1.46 bits per heavy atom. The van der Waals surface area contributed by atoms with E-state index in [9.17, 15) is 0 Å². The van der Waals surface area contributed by atoms with E-state index in [2.05, 4.69) is 324 Å². The van der Waals surface area contributed by atoms with Crippen molar-refractivity contribution in [1.29, 1.82) is 0 Å². The maximum Gasteiger partial charge on any atom is 0.252 e. The fraction of sp³-hybridized carbons (Fsp3) is 0.386. The molecule has 4 heteroatoms. The third-order valence-electron chi connectivity index (χ3n) is 23.7. The highest BCUT2D eigenvalue weighted by atomic mass is 15.2. The Kier molecular flexibility index (Phi) is 12.9. The van der Waals surface area contributed by atoms with Crippen LogP contribution >= 0.6 is 0 Å². The number of nitrogens with zero attached hydrogens (tertiary/aromatic N) is 3. The van der Waals surface area contributed by atoms with Crippen LogP contribution in [0.2, 0.25) is 0 Å². The minimum atomic E-state index is -0.133. The Bertz CT molecular complexity index is 4520. The molecular formula is C88H98BN3. The molecule has 0 aromatic heterocycles. The van der Waals surface area contributed by atoms with E-state index in [-0.39, 0.29) is 55.4 Å². The first-order chi connectivity index (χ1) is 43.0. The van der Waals surface area contributed by atoms with Gasteiger partial charge in [0.1, 0.15) is 0 Å². The van der Waals surface area contributed by atoms with Crippen molar-refractivity contribution < 1.29 is 0 Å². The summed E-state index contributed by atoms with van der Waals surface area (Å²) >= 11 is 0. The third-order valence-corrected chi connectivity index (χ3v) is 23.7. The fourth-order valence-electron chi connectivity index (χ4n) is 19.0. The number of hydrogen-bond acceptors (Lipinski definition) is 3. The van der Waals surface area contributed by atoms with Crippen LogP contribution in [0.15, 0.2) is 164 Å². The summed E-state index contributed by atoms with van der Waals surface area (Å²) in [5.41, 5.74) is 35.6. The zero-order valence-corrected chi connectivity index (χ0v) is 59.3. The van der Waals surface area contributed by atoms with Crippen molar-refractivity contribution in [3.05, 3.63) is 225 Å². The third kappa shape index (κ3) is 9.00. The van der Waals surface area contributed by atoms with Crippen LogP contribution in [0.3, 0.4) is 0 Å². The van der Waals surface area contributed by atoms with Gasteiger partial charge in [0.05, 0.1) is 5.69 Å². The maximum absolute atomic E-state index is 2.77. The molecular weight excluding hydrogens is 1110 g/mol. The van der Waals surface area contributed by atoms with Crippen LogP contribution in [-0.4, -0.2) is 6.71 Å². The topological polar surface area (TPSA) is 9.72 Å². The van der Waals surface area contributed by atoms with E-state index < -0.39 is 0 Å². The number of hydrogen-bond donors (Lipinski definition) is 0. The summed E-state index contributed by atoms with van der Waals surface area (Å²) in [4.78, 5) is 8.09. The quantitative estimate of drug-likeness (QED) is 0.154. The second kappa shape index (κ2) is 19.5. The predicted molar refractivity (Wildman–Crippen MR) is 397 cm³/mol. The molecule has 0 saturated carbocycles. The molecule has 0 fully saturated rings. The molecule has 468 valence electrons. The molecule has 0 radical (unpaired) electrons. The van der Waals surface area contributed by atoms with E-state index in [1.807, 2.05) is 0 Å². The molecule has 9 aromatic rings. The SMILES string of the molecule is Cc1cc2c(cc1N1c3cc(-c4cccc5c4-c4ccccc4C5(C)C)ccc3B3c4cc5c(cc4N(c4ccc6c(c4)C(C)(C)CC6(C)C)c4cc(N(c6ccc(C(C)(C)C)cc6)c6ccc(C(C)(C)C)cc6)cc1c43)C(C)(C)CC5(C)C)C(C)(C)CCC2(C)C. The summed E-state index contributed by atoms with van der Waals surface area (Å²) in [6.07, 6.45) is 4.49. The lowest BCUT2D eigenvalue weighted by molar-refractivity contribution is 0.332. The van der Waals surface area contributed by atoms with Crippen molar-refractivity contribution in [3.8, 4) is 22.3 Å². The molecule has 6 aliphatic rings. The van der Waals surface area contributed by atoms with Crippen molar-refractivity contribution in [2.75, 3.05) is 14.7 Å². The molecule has 4 aliphatic carbocycles. The van der Waals surface area contributed by atoms with Crippen molar-refractivity contribution >= 4 is 74.3 Å². The highest BCUT2D eigenvalue weighted by Gasteiger charge is 2.51. The van der Waals surface area contributed by atoms with E-state index in [0.717, 1.165) is 42.7 Å². The van der Waals surface area contributed by atoms with Crippen molar-refractivity contribution in [3.63, 3.8) is 0 Å². The number of rotatable bonds is 6. The summed E-state index contributed by atoms with van der Waals surface area (Å²) in [5.74, 6) is 0. The molecule has 0 atom stereocenters. The Morgan fingerprint density at radius 2 is 0.859 bits per heavy atom. The highest BCUT2D eigenvalue weighted by Crippen LogP contribution is 2.59. The number of anilines is 9. The predicted octanol–water partition coefficient (Wildman–Crippen LogP) is 22.4. The molecule has 0 spiro atoms. The van der Waals surface area contributed by atoms with Gasteiger partial charge in [0.15, 0.2) is 0 Å². The lowest BCUT2D eigenvalue weighted by Crippen LogP contribution is -2.61. The van der Waals surface area contributed by atoms with Gasteiger partial charge >= 0.3 is 0 Å². The van der Waals surface area contributed by atoms with Gasteiger partial charge < -0.3 is 14.7 Å². The maximum atomic E-state index is 2.77. The molecule has 3 nitrogen and oxygen atoms in total. The van der Waals surface area contributed by atoms with Gasteiger partial charge in [0.2, 0.25) is 0 Å². The van der Waals surface area contributed by atoms with Crippen LogP contribution in [0.25, 0.3) is 22.3 Å². The molecule has 15 rings (SSSR count). The Labute approximate surface area is 552 Å². The molecule has 0 saturated heterocycles. The second-order valence-corrected chi connectivity index (χ2v) is 35.6. The van der Waals surface area contributed by atoms with E-state index in [1.54, 1.807) is 0 Å². The van der Waals surface area contributed by atoms with Crippen LogP contribution in [0.1, 0.15) is 225 Å². The Hall–Kier alpha value is -7.56. The second-order valence-electron chi connectivity index (χ2n) is 35.6. The number of aryl methyl sites for hydroxylation is 1.